The predicted octanol–water partition coefficient (Wildman–Crippen LogP) is 6.27. The summed E-state index contributed by atoms with van der Waals surface area (Å²) in [5, 5.41) is 17.5. The van der Waals surface area contributed by atoms with Crippen LogP contribution in [0.25, 0.3) is 22.0 Å². The number of benzene rings is 2. The van der Waals surface area contributed by atoms with Crippen LogP contribution in [0, 0.1) is 12.3 Å². The predicted molar refractivity (Wildman–Crippen MR) is 191 cm³/mol. The molecule has 5 aromatic rings. The Balaban J connectivity index is 1.11. The number of aliphatic carboxylic acids is 1. The molecule has 0 bridgehead atoms. The molecule has 1 fully saturated rings. The zero-order chi connectivity index (χ0) is 34.4. The number of anilines is 3. The summed E-state index contributed by atoms with van der Waals surface area (Å²) in [6.07, 6.45) is 5.08. The van der Waals surface area contributed by atoms with Gasteiger partial charge in [0.15, 0.2) is 11.6 Å². The van der Waals surface area contributed by atoms with Crippen molar-refractivity contribution in [3.8, 4) is 11.1 Å². The maximum atomic E-state index is 13.4. The highest BCUT2D eigenvalue weighted by Gasteiger charge is 2.40. The molecule has 1 atom stereocenters. The van der Waals surface area contributed by atoms with E-state index in [9.17, 15) is 14.7 Å². The molecule has 2 aromatic carbocycles. The zero-order valence-corrected chi connectivity index (χ0v) is 28.8. The highest BCUT2D eigenvalue weighted by Crippen LogP contribution is 2.39. The van der Waals surface area contributed by atoms with Gasteiger partial charge in [0.2, 0.25) is 0 Å². The smallest absolute Gasteiger partial charge is 0.310 e. The Morgan fingerprint density at radius 3 is 2.59 bits per heavy atom. The molecule has 3 aromatic heterocycles. The van der Waals surface area contributed by atoms with Gasteiger partial charge in [0, 0.05) is 74.4 Å². The Morgan fingerprint density at radius 1 is 1.04 bits per heavy atom. The van der Waals surface area contributed by atoms with Gasteiger partial charge in [0.25, 0.3) is 5.91 Å². The number of carboxylic acid groups (broad SMARTS) is 1. The minimum Gasteiger partial charge on any atom is -0.481 e. The minimum absolute atomic E-state index is 0.303. The molecule has 12 heteroatoms. The van der Waals surface area contributed by atoms with Crippen molar-refractivity contribution < 1.29 is 14.7 Å². The van der Waals surface area contributed by atoms with E-state index in [1.165, 1.54) is 0 Å². The lowest BCUT2D eigenvalue weighted by Gasteiger charge is -2.21. The van der Waals surface area contributed by atoms with E-state index >= 15 is 0 Å². The van der Waals surface area contributed by atoms with Gasteiger partial charge in [-0.05, 0) is 74.8 Å². The van der Waals surface area contributed by atoms with Crippen molar-refractivity contribution >= 4 is 51.6 Å². The molecule has 0 radical (unpaired) electrons. The van der Waals surface area contributed by atoms with Gasteiger partial charge < -0.3 is 25.2 Å². The number of likely N-dealkylation sites (tertiary alicyclic amines) is 1. The second-order valence-electron chi connectivity index (χ2n) is 13.5. The number of nitrogens with one attached hydrogen (secondary N) is 2. The Morgan fingerprint density at radius 2 is 1.82 bits per heavy atom. The largest absolute Gasteiger partial charge is 0.481 e. The van der Waals surface area contributed by atoms with Gasteiger partial charge in [0.1, 0.15) is 5.52 Å². The van der Waals surface area contributed by atoms with Crippen LogP contribution in [0.3, 0.4) is 0 Å². The van der Waals surface area contributed by atoms with Crippen LogP contribution in [0.1, 0.15) is 46.5 Å². The number of fused-ring (bicyclic) bond motifs is 2. The van der Waals surface area contributed by atoms with Crippen LogP contribution in [-0.2, 0) is 31.4 Å². The summed E-state index contributed by atoms with van der Waals surface area (Å²) >= 11 is 6.98. The standard InChI is InChI=1S/C37H39ClN8O3/c1-22-25(26-8-6-10-28(31(26)38)43-35(47)34-42-29-20-44(3)15-12-30(29)45(34)4)7-5-9-27(22)41-33-32-24(11-14-39-33)17-23(18-40-32)19-46-16-13-37(2,21-46)36(48)49/h5-11,14,17-18H,12-13,15-16,19-21H2,1-4H3,(H,39,41)(H,43,47)(H,48,49)/t37-/m1/s1. The number of carbonyl (C=O) groups is 2. The molecule has 11 nitrogen and oxygen atoms in total. The van der Waals surface area contributed by atoms with Crippen LogP contribution in [0.2, 0.25) is 5.02 Å². The highest BCUT2D eigenvalue weighted by atomic mass is 35.5. The average Bonchev–Trinajstić information content (AvgIpc) is 3.62. The van der Waals surface area contributed by atoms with Gasteiger partial charge in [-0.15, -0.1) is 0 Å². The van der Waals surface area contributed by atoms with Crippen LogP contribution in [-0.4, -0.2) is 73.0 Å². The molecule has 5 heterocycles. The molecule has 3 N–H and O–H groups in total. The number of rotatable bonds is 8. The van der Waals surface area contributed by atoms with Gasteiger partial charge in [-0.2, -0.15) is 0 Å². The number of carboxylic acids is 1. The SMILES string of the molecule is Cc1c(Nc2nccc3cc(CN4CC[C@@](C)(C(=O)O)C4)cnc23)cccc1-c1cccc(NC(=O)c2nc3c(n2C)CCN(C)C3)c1Cl. The number of imidazole rings is 1. The first-order valence-corrected chi connectivity index (χ1v) is 16.8. The van der Waals surface area contributed by atoms with Gasteiger partial charge in [-0.3, -0.25) is 19.5 Å². The summed E-state index contributed by atoms with van der Waals surface area (Å²) in [4.78, 5) is 43.5. The normalized spacial score (nSPS) is 18.1. The second-order valence-corrected chi connectivity index (χ2v) is 13.9. The van der Waals surface area contributed by atoms with E-state index in [2.05, 4.69) is 43.5 Å². The molecule has 1 amide bonds. The van der Waals surface area contributed by atoms with Gasteiger partial charge in [-0.1, -0.05) is 35.9 Å². The molecule has 0 spiro atoms. The number of likely N-dealkylation sites (N-methyl/N-ethyl adjacent to an activating group) is 1. The Hall–Kier alpha value is -4.84. The summed E-state index contributed by atoms with van der Waals surface area (Å²) < 4.78 is 1.88. The number of aromatic nitrogens is 4. The molecule has 49 heavy (non-hydrogen) atoms. The first kappa shape index (κ1) is 32.7. The lowest BCUT2D eigenvalue weighted by molar-refractivity contribution is -0.147. The number of nitrogens with zero attached hydrogens (tertiary/aromatic N) is 6. The Kier molecular flexibility index (Phi) is 8.60. The maximum Gasteiger partial charge on any atom is 0.310 e. The number of pyridine rings is 2. The monoisotopic (exact) mass is 678 g/mol. The molecular weight excluding hydrogens is 640 g/mol. The van der Waals surface area contributed by atoms with Gasteiger partial charge in [0.05, 0.1) is 21.8 Å². The van der Waals surface area contributed by atoms with Crippen molar-refractivity contribution in [1.29, 1.82) is 0 Å². The third kappa shape index (κ3) is 6.25. The first-order chi connectivity index (χ1) is 23.5. The van der Waals surface area contributed by atoms with Crippen LogP contribution in [0.5, 0.6) is 0 Å². The van der Waals surface area contributed by atoms with Crippen molar-refractivity contribution in [3.63, 3.8) is 0 Å². The lowest BCUT2D eigenvalue weighted by atomic mass is 9.90. The zero-order valence-electron chi connectivity index (χ0n) is 28.0. The van der Waals surface area contributed by atoms with Crippen LogP contribution in [0.15, 0.2) is 60.9 Å². The molecule has 0 saturated carbocycles. The summed E-state index contributed by atoms with van der Waals surface area (Å²) in [7, 11) is 3.94. The second kappa shape index (κ2) is 12.9. The van der Waals surface area contributed by atoms with E-state index in [0.717, 1.165) is 76.3 Å². The van der Waals surface area contributed by atoms with E-state index in [4.69, 9.17) is 16.6 Å². The van der Waals surface area contributed by atoms with E-state index in [1.807, 2.05) is 68.1 Å². The molecule has 2 aliphatic heterocycles. The van der Waals surface area contributed by atoms with Crippen LogP contribution >= 0.6 is 11.6 Å². The number of amides is 1. The summed E-state index contributed by atoms with van der Waals surface area (Å²) in [6.45, 7) is 7.37. The Bertz CT molecular complexity index is 2110. The fourth-order valence-corrected chi connectivity index (χ4v) is 7.25. The van der Waals surface area contributed by atoms with Crippen LogP contribution < -0.4 is 10.6 Å². The fraction of sp³-hybridized carbons (Fsp3) is 0.324. The number of hydrogen-bond donors (Lipinski definition) is 3. The molecule has 0 unspecified atom stereocenters. The van der Waals surface area contributed by atoms with E-state index in [1.54, 1.807) is 12.3 Å². The average molecular weight is 679 g/mol. The quantitative estimate of drug-likeness (QED) is 0.174. The third-order valence-corrected chi connectivity index (χ3v) is 10.3. The number of hydrogen-bond acceptors (Lipinski definition) is 8. The topological polar surface area (TPSA) is 129 Å². The minimum atomic E-state index is -0.749. The third-order valence-electron chi connectivity index (χ3n) is 9.90. The summed E-state index contributed by atoms with van der Waals surface area (Å²) in [5.41, 5.74) is 7.09. The van der Waals surface area contributed by atoms with Crippen molar-refractivity contribution in [1.82, 2.24) is 29.3 Å². The molecular formula is C37H39ClN8O3. The highest BCUT2D eigenvalue weighted by molar-refractivity contribution is 6.36. The Labute approximate surface area is 289 Å². The van der Waals surface area contributed by atoms with Crippen molar-refractivity contribution in [3.05, 3.63) is 94.3 Å². The van der Waals surface area contributed by atoms with Gasteiger partial charge in [-0.25, -0.2) is 9.97 Å². The van der Waals surface area contributed by atoms with E-state index < -0.39 is 11.4 Å². The van der Waals surface area contributed by atoms with E-state index in [0.29, 0.717) is 41.9 Å². The number of carbonyl (C=O) groups excluding carboxylic acids is 1. The maximum absolute atomic E-state index is 13.4. The molecule has 0 aliphatic carbocycles. The first-order valence-electron chi connectivity index (χ1n) is 16.4. The van der Waals surface area contributed by atoms with E-state index in [-0.39, 0.29) is 5.91 Å². The fourth-order valence-electron chi connectivity index (χ4n) is 6.97. The lowest BCUT2D eigenvalue weighted by Crippen LogP contribution is -2.31. The number of halogens is 1. The summed E-state index contributed by atoms with van der Waals surface area (Å²) in [5.74, 6) is -0.0614. The van der Waals surface area contributed by atoms with Gasteiger partial charge >= 0.3 is 5.97 Å². The van der Waals surface area contributed by atoms with Crippen molar-refractivity contribution in [2.45, 2.75) is 39.8 Å². The summed E-state index contributed by atoms with van der Waals surface area (Å²) in [6, 6.07) is 15.6. The van der Waals surface area contributed by atoms with Crippen molar-refractivity contribution in [2.24, 2.45) is 12.5 Å². The molecule has 7 rings (SSSR count). The van der Waals surface area contributed by atoms with Crippen molar-refractivity contribution in [2.75, 3.05) is 37.3 Å². The molecule has 2 aliphatic rings. The molecule has 1 saturated heterocycles. The molecule has 252 valence electrons. The van der Waals surface area contributed by atoms with Crippen LogP contribution in [0.4, 0.5) is 17.2 Å².